The number of hydrogen-bond donors (Lipinski definition) is 3. The number of aliphatic hydroxyl groups excluding tert-OH is 1. The van der Waals surface area contributed by atoms with E-state index < -0.39 is 5.91 Å². The number of benzene rings is 2. The smallest absolute Gasteiger partial charge is 0.271 e. The molecule has 0 unspecified atom stereocenters. The predicted molar refractivity (Wildman–Crippen MR) is 90.7 cm³/mol. The molecule has 2 aromatic carbocycles. The summed E-state index contributed by atoms with van der Waals surface area (Å²) in [6.45, 7) is -0.00345. The van der Waals surface area contributed by atoms with Crippen LogP contribution in [0.5, 0.6) is 5.75 Å². The van der Waals surface area contributed by atoms with Crippen LogP contribution in [0.25, 0.3) is 6.08 Å². The molecule has 0 fully saturated rings. The third kappa shape index (κ3) is 4.95. The summed E-state index contributed by atoms with van der Waals surface area (Å²) in [4.78, 5) is 11.9. The number of rotatable bonds is 5. The fraction of sp³-hybridized carbons (Fsp3) is 0.0588. The summed E-state index contributed by atoms with van der Waals surface area (Å²) in [5.74, 6) is -0.507. The summed E-state index contributed by atoms with van der Waals surface area (Å²) >= 11 is 5.75. The van der Waals surface area contributed by atoms with Crippen LogP contribution in [0.15, 0.2) is 53.6 Å². The summed E-state index contributed by atoms with van der Waals surface area (Å²) in [5, 5.41) is 22.0. The van der Waals surface area contributed by atoms with Gasteiger partial charge < -0.3 is 10.2 Å². The third-order valence-electron chi connectivity index (χ3n) is 2.94. The molecule has 0 atom stereocenters. The number of aromatic hydroxyl groups is 1. The molecule has 3 N–H and O–H groups in total. The lowest BCUT2D eigenvalue weighted by Crippen LogP contribution is -2.17. The predicted octanol–water partition coefficient (Wildman–Crippen LogP) is 2.82. The largest absolute Gasteiger partial charge is 0.506 e. The molecular formula is C17H15ClN2O3. The number of halogens is 1. The molecule has 5 nitrogen and oxygen atoms in total. The van der Waals surface area contributed by atoms with Crippen molar-refractivity contribution in [3.8, 4) is 5.75 Å². The van der Waals surface area contributed by atoms with E-state index in [2.05, 4.69) is 10.5 Å². The van der Waals surface area contributed by atoms with Crippen molar-refractivity contribution in [3.63, 3.8) is 0 Å². The summed E-state index contributed by atoms with van der Waals surface area (Å²) in [5.41, 5.74) is 4.46. The van der Waals surface area contributed by atoms with Crippen LogP contribution >= 0.6 is 11.6 Å². The Morgan fingerprint density at radius 3 is 2.52 bits per heavy atom. The number of nitrogens with zero attached hydrogens (tertiary/aromatic N) is 1. The van der Waals surface area contributed by atoms with Crippen LogP contribution in [0.1, 0.15) is 21.5 Å². The van der Waals surface area contributed by atoms with E-state index in [9.17, 15) is 9.90 Å². The molecule has 0 aromatic heterocycles. The molecule has 0 aliphatic heterocycles. The van der Waals surface area contributed by atoms with Crippen molar-refractivity contribution >= 4 is 29.8 Å². The highest BCUT2D eigenvalue weighted by atomic mass is 35.5. The Bertz CT molecular complexity index is 740. The maximum atomic E-state index is 11.9. The second-order valence-corrected chi connectivity index (χ2v) is 5.02. The number of carbonyl (C=O) groups is 1. The van der Waals surface area contributed by atoms with E-state index in [0.29, 0.717) is 5.56 Å². The number of amides is 1. The molecule has 23 heavy (non-hydrogen) atoms. The Hall–Kier alpha value is -2.63. The minimum Gasteiger partial charge on any atom is -0.506 e. The second kappa shape index (κ2) is 8.12. The maximum absolute atomic E-state index is 11.9. The average Bonchev–Trinajstić information content (AvgIpc) is 2.56. The Balaban J connectivity index is 1.96. The van der Waals surface area contributed by atoms with Gasteiger partial charge in [0.1, 0.15) is 5.75 Å². The second-order valence-electron chi connectivity index (χ2n) is 4.62. The van der Waals surface area contributed by atoms with Gasteiger partial charge >= 0.3 is 0 Å². The van der Waals surface area contributed by atoms with Crippen molar-refractivity contribution in [3.05, 3.63) is 70.3 Å². The van der Waals surface area contributed by atoms with E-state index in [-0.39, 0.29) is 17.4 Å². The van der Waals surface area contributed by atoms with E-state index in [1.54, 1.807) is 12.2 Å². The van der Waals surface area contributed by atoms with Crippen LogP contribution in [0, 0.1) is 0 Å². The Morgan fingerprint density at radius 1 is 1.17 bits per heavy atom. The molecule has 0 spiro atoms. The minimum absolute atomic E-state index is 0.00345. The van der Waals surface area contributed by atoms with Crippen LogP contribution < -0.4 is 5.43 Å². The average molecular weight is 331 g/mol. The summed E-state index contributed by atoms with van der Waals surface area (Å²) in [6, 6.07) is 11.6. The van der Waals surface area contributed by atoms with Crippen molar-refractivity contribution in [2.75, 3.05) is 6.61 Å². The van der Waals surface area contributed by atoms with Crippen molar-refractivity contribution in [1.82, 2.24) is 5.43 Å². The first-order chi connectivity index (χ1) is 11.1. The van der Waals surface area contributed by atoms with Crippen LogP contribution in [-0.4, -0.2) is 28.9 Å². The fourth-order valence-corrected chi connectivity index (χ4v) is 1.94. The topological polar surface area (TPSA) is 81.9 Å². The molecule has 118 valence electrons. The summed E-state index contributed by atoms with van der Waals surface area (Å²) in [6.07, 6.45) is 4.96. The van der Waals surface area contributed by atoms with Crippen LogP contribution in [-0.2, 0) is 0 Å². The van der Waals surface area contributed by atoms with E-state index in [4.69, 9.17) is 16.7 Å². The van der Waals surface area contributed by atoms with Gasteiger partial charge in [-0.15, -0.1) is 0 Å². The van der Waals surface area contributed by atoms with Gasteiger partial charge in [0.25, 0.3) is 5.91 Å². The maximum Gasteiger partial charge on any atom is 0.271 e. The van der Waals surface area contributed by atoms with Gasteiger partial charge in [0.15, 0.2) is 0 Å². The minimum atomic E-state index is -0.425. The quantitative estimate of drug-likeness (QED) is 0.582. The zero-order valence-corrected chi connectivity index (χ0v) is 12.9. The lowest BCUT2D eigenvalue weighted by Gasteiger charge is -2.02. The fourth-order valence-electron chi connectivity index (χ4n) is 1.76. The molecule has 0 saturated heterocycles. The van der Waals surface area contributed by atoms with Gasteiger partial charge in [-0.2, -0.15) is 5.10 Å². The van der Waals surface area contributed by atoms with Gasteiger partial charge in [0, 0.05) is 5.56 Å². The zero-order valence-electron chi connectivity index (χ0n) is 12.1. The molecule has 0 radical (unpaired) electrons. The van der Waals surface area contributed by atoms with Crippen LogP contribution in [0.3, 0.4) is 0 Å². The first-order valence-corrected chi connectivity index (χ1v) is 7.17. The normalized spacial score (nSPS) is 11.2. The highest BCUT2D eigenvalue weighted by Gasteiger charge is 2.07. The number of phenols is 1. The molecule has 0 saturated carbocycles. The van der Waals surface area contributed by atoms with Crippen molar-refractivity contribution in [2.45, 2.75) is 0 Å². The molecule has 0 heterocycles. The number of nitrogens with one attached hydrogen (secondary N) is 1. The number of hydrogen-bond acceptors (Lipinski definition) is 4. The van der Waals surface area contributed by atoms with Crippen molar-refractivity contribution in [2.24, 2.45) is 5.10 Å². The van der Waals surface area contributed by atoms with E-state index in [1.165, 1.54) is 24.4 Å². The van der Waals surface area contributed by atoms with Gasteiger partial charge in [0.05, 0.1) is 17.8 Å². The zero-order chi connectivity index (χ0) is 16.7. The van der Waals surface area contributed by atoms with E-state index >= 15 is 0 Å². The lowest BCUT2D eigenvalue weighted by molar-refractivity contribution is 0.0955. The molecule has 0 bridgehead atoms. The Morgan fingerprint density at radius 2 is 1.87 bits per heavy atom. The third-order valence-corrected chi connectivity index (χ3v) is 3.24. The van der Waals surface area contributed by atoms with Gasteiger partial charge in [-0.1, -0.05) is 48.0 Å². The Labute approximate surface area is 138 Å². The molecule has 2 aromatic rings. The standard InChI is InChI=1S/C17H15ClN2O3/c18-15-10-14(7-8-16(15)22)17(23)20-19-11-13-5-3-12(4-6-13)2-1-9-21/h1-8,10-11,21-22H,9H2,(H,20,23). The summed E-state index contributed by atoms with van der Waals surface area (Å²) in [7, 11) is 0. The first kappa shape index (κ1) is 16.7. The number of aliphatic hydroxyl groups is 1. The monoisotopic (exact) mass is 330 g/mol. The highest BCUT2D eigenvalue weighted by Crippen LogP contribution is 2.23. The molecule has 2 rings (SSSR count). The molecule has 0 aliphatic rings. The first-order valence-electron chi connectivity index (χ1n) is 6.79. The lowest BCUT2D eigenvalue weighted by atomic mass is 10.1. The van der Waals surface area contributed by atoms with Crippen molar-refractivity contribution in [1.29, 1.82) is 0 Å². The SMILES string of the molecule is O=C(NN=Cc1ccc(C=CCO)cc1)c1ccc(O)c(Cl)c1. The van der Waals surface area contributed by atoms with Crippen LogP contribution in [0.2, 0.25) is 5.02 Å². The Kier molecular flexibility index (Phi) is 5.91. The van der Waals surface area contributed by atoms with Gasteiger partial charge in [-0.05, 0) is 29.3 Å². The van der Waals surface area contributed by atoms with Crippen molar-refractivity contribution < 1.29 is 15.0 Å². The highest BCUT2D eigenvalue weighted by molar-refractivity contribution is 6.32. The number of carbonyl (C=O) groups excluding carboxylic acids is 1. The molecular weight excluding hydrogens is 316 g/mol. The molecule has 1 amide bonds. The molecule has 0 aliphatic carbocycles. The number of hydrazone groups is 1. The van der Waals surface area contributed by atoms with E-state index in [0.717, 1.165) is 11.1 Å². The van der Waals surface area contributed by atoms with Gasteiger partial charge in [-0.3, -0.25) is 4.79 Å². The summed E-state index contributed by atoms with van der Waals surface area (Å²) < 4.78 is 0. The van der Waals surface area contributed by atoms with Gasteiger partial charge in [0.2, 0.25) is 0 Å². The van der Waals surface area contributed by atoms with Gasteiger partial charge in [-0.25, -0.2) is 5.43 Å². The van der Waals surface area contributed by atoms with E-state index in [1.807, 2.05) is 24.3 Å². The molecule has 6 heteroatoms. The number of phenolic OH excluding ortho intramolecular Hbond substituents is 1. The van der Waals surface area contributed by atoms with Crippen LogP contribution in [0.4, 0.5) is 0 Å².